The molecule has 2 aliphatic rings. The number of nitrogens with zero attached hydrogens (tertiary/aromatic N) is 2. The molecule has 3 heterocycles. The summed E-state index contributed by atoms with van der Waals surface area (Å²) >= 11 is 0. The highest BCUT2D eigenvalue weighted by Crippen LogP contribution is 2.41. The molecule has 9 heteroatoms. The van der Waals surface area contributed by atoms with Crippen molar-refractivity contribution in [1.29, 1.82) is 0 Å². The molecule has 1 aliphatic carbocycles. The van der Waals surface area contributed by atoms with Gasteiger partial charge in [0.1, 0.15) is 28.8 Å². The maximum absolute atomic E-state index is 15.2. The molecule has 3 N–H and O–H groups in total. The van der Waals surface area contributed by atoms with E-state index in [9.17, 15) is 9.18 Å². The van der Waals surface area contributed by atoms with Gasteiger partial charge in [-0.3, -0.25) is 9.78 Å². The Morgan fingerprint density at radius 1 is 1.00 bits per heavy atom. The second kappa shape index (κ2) is 12.1. The zero-order chi connectivity index (χ0) is 28.4. The van der Waals surface area contributed by atoms with Crippen LogP contribution in [0.15, 0.2) is 42.7 Å². The number of nitrogens with two attached hydrogens (primary N) is 1. The average molecular weight is 553 g/mol. The van der Waals surface area contributed by atoms with Gasteiger partial charge in [0, 0.05) is 25.5 Å². The van der Waals surface area contributed by atoms with Crippen LogP contribution in [0.1, 0.15) is 79.4 Å². The van der Waals surface area contributed by atoms with Crippen LogP contribution in [0.5, 0.6) is 0 Å². The van der Waals surface area contributed by atoms with Crippen LogP contribution in [0.3, 0.4) is 0 Å². The lowest BCUT2D eigenvalue weighted by Crippen LogP contribution is -2.34. The van der Waals surface area contributed by atoms with Gasteiger partial charge in [-0.25, -0.2) is 18.2 Å². The third kappa shape index (κ3) is 6.05. The number of aromatic nitrogens is 2. The van der Waals surface area contributed by atoms with E-state index in [4.69, 9.17) is 10.5 Å². The Morgan fingerprint density at radius 2 is 1.73 bits per heavy atom. The summed E-state index contributed by atoms with van der Waals surface area (Å²) in [4.78, 5) is 21.5. The van der Waals surface area contributed by atoms with Crippen LogP contribution in [0, 0.1) is 29.3 Å². The first kappa shape index (κ1) is 28.2. The third-order valence-corrected chi connectivity index (χ3v) is 8.34. The van der Waals surface area contributed by atoms with Crippen molar-refractivity contribution < 1.29 is 22.7 Å². The second-order valence-corrected chi connectivity index (χ2v) is 11.4. The lowest BCUT2D eigenvalue weighted by Gasteiger charge is -2.36. The number of anilines is 1. The summed E-state index contributed by atoms with van der Waals surface area (Å²) in [6.07, 6.45) is 7.25. The third-order valence-electron chi connectivity index (χ3n) is 8.34. The first-order valence-electron chi connectivity index (χ1n) is 14.0. The van der Waals surface area contributed by atoms with Crippen LogP contribution in [-0.4, -0.2) is 35.1 Å². The summed E-state index contributed by atoms with van der Waals surface area (Å²) in [7, 11) is 0. The van der Waals surface area contributed by atoms with Gasteiger partial charge in [-0.1, -0.05) is 13.8 Å². The van der Waals surface area contributed by atoms with E-state index in [-0.39, 0.29) is 23.6 Å². The summed E-state index contributed by atoms with van der Waals surface area (Å²) in [6, 6.07) is 6.59. The lowest BCUT2D eigenvalue weighted by atomic mass is 9.72. The highest BCUT2D eigenvalue weighted by molar-refractivity contribution is 6.03. The summed E-state index contributed by atoms with van der Waals surface area (Å²) in [5.74, 6) is -2.34. The second-order valence-electron chi connectivity index (χ2n) is 11.4. The fourth-order valence-corrected chi connectivity index (χ4v) is 6.09. The van der Waals surface area contributed by atoms with Crippen LogP contribution >= 0.6 is 0 Å². The maximum atomic E-state index is 15.2. The van der Waals surface area contributed by atoms with Gasteiger partial charge in [0.15, 0.2) is 0 Å². The van der Waals surface area contributed by atoms with Gasteiger partial charge in [-0.15, -0.1) is 0 Å². The van der Waals surface area contributed by atoms with Gasteiger partial charge in [-0.05, 0) is 97.2 Å². The highest BCUT2D eigenvalue weighted by atomic mass is 19.1. The molecule has 0 radical (unpaired) electrons. The van der Waals surface area contributed by atoms with E-state index in [2.05, 4.69) is 29.1 Å². The summed E-state index contributed by atoms with van der Waals surface area (Å²) in [6.45, 7) is 5.43. The van der Waals surface area contributed by atoms with E-state index in [1.165, 1.54) is 18.2 Å². The van der Waals surface area contributed by atoms with Gasteiger partial charge in [0.05, 0.1) is 17.4 Å². The van der Waals surface area contributed by atoms with E-state index < -0.39 is 34.6 Å². The smallest absolute Gasteiger partial charge is 0.274 e. The normalized spacial score (nSPS) is 21.9. The van der Waals surface area contributed by atoms with E-state index in [1.54, 1.807) is 12.4 Å². The number of pyridine rings is 2. The van der Waals surface area contributed by atoms with Crippen LogP contribution in [0.4, 0.5) is 18.9 Å². The molecular formula is C31H35F3N4O2. The zero-order valence-electron chi connectivity index (χ0n) is 22.8. The van der Waals surface area contributed by atoms with Crippen LogP contribution in [0.2, 0.25) is 0 Å². The van der Waals surface area contributed by atoms with Crippen molar-refractivity contribution in [1.82, 2.24) is 9.97 Å². The van der Waals surface area contributed by atoms with Gasteiger partial charge in [0.2, 0.25) is 0 Å². The number of carbonyl (C=O) groups excluding carboxylic acids is 1. The fraction of sp³-hybridized carbons (Fsp3) is 0.452. The van der Waals surface area contributed by atoms with Gasteiger partial charge < -0.3 is 15.8 Å². The number of hydrogen-bond donors (Lipinski definition) is 2. The standard InChI is InChI=1S/C31H35F3N4O2/c1-17(2)19-11-21(13-22(35)12-19)23-5-8-36-16-28(23)38-31(39)27-4-3-24(32)30(37-27)29-25(33)14-20(15-26(29)34)18-6-9-40-10-7-18/h3-5,8,14-19,21-22H,6-7,9-13,35H2,1-2H3,(H,38,39)/t19-,21+,22-/m0/s1. The van der Waals surface area contributed by atoms with Crippen molar-refractivity contribution in [2.45, 2.75) is 63.8 Å². The minimum absolute atomic E-state index is 0.0371. The molecule has 1 saturated carbocycles. The Balaban J connectivity index is 1.41. The molecule has 1 saturated heterocycles. The predicted molar refractivity (Wildman–Crippen MR) is 147 cm³/mol. The highest BCUT2D eigenvalue weighted by Gasteiger charge is 2.31. The Hall–Kier alpha value is -3.30. The maximum Gasteiger partial charge on any atom is 0.274 e. The van der Waals surface area contributed by atoms with Gasteiger partial charge >= 0.3 is 0 Å². The topological polar surface area (TPSA) is 90.1 Å². The Bertz CT molecular complexity index is 1350. The molecule has 0 unspecified atom stereocenters. The molecule has 212 valence electrons. The van der Waals surface area contributed by atoms with Crippen LogP contribution in [0.25, 0.3) is 11.3 Å². The summed E-state index contributed by atoms with van der Waals surface area (Å²) in [5.41, 5.74) is 7.01. The first-order valence-corrected chi connectivity index (χ1v) is 14.0. The van der Waals surface area contributed by atoms with Crippen molar-refractivity contribution in [2.75, 3.05) is 18.5 Å². The molecule has 0 bridgehead atoms. The number of rotatable bonds is 6. The quantitative estimate of drug-likeness (QED) is 0.361. The van der Waals surface area contributed by atoms with E-state index in [1.807, 2.05) is 6.07 Å². The number of nitrogens with one attached hydrogen (secondary N) is 1. The largest absolute Gasteiger partial charge is 0.381 e. The first-order chi connectivity index (χ1) is 19.2. The molecule has 0 spiro atoms. The number of hydrogen-bond acceptors (Lipinski definition) is 5. The molecule has 5 rings (SSSR count). The SMILES string of the molecule is CC(C)[C@@H]1C[C@H](N)C[C@H](c2ccncc2NC(=O)c2ccc(F)c(-c3c(F)cc(C4CCOCC4)cc3F)n2)C1. The number of ether oxygens (including phenoxy) is 1. The van der Waals surface area contributed by atoms with Gasteiger partial charge in [-0.2, -0.15) is 0 Å². The monoisotopic (exact) mass is 552 g/mol. The number of amides is 1. The summed E-state index contributed by atoms with van der Waals surface area (Å²) in [5, 5.41) is 2.84. The molecular weight excluding hydrogens is 517 g/mol. The van der Waals surface area contributed by atoms with Crippen molar-refractivity contribution >= 4 is 11.6 Å². The Kier molecular flexibility index (Phi) is 8.51. The molecule has 6 nitrogen and oxygen atoms in total. The van der Waals surface area contributed by atoms with Crippen molar-refractivity contribution in [3.05, 3.63) is 77.0 Å². The minimum Gasteiger partial charge on any atom is -0.381 e. The molecule has 1 amide bonds. The molecule has 3 atom stereocenters. The van der Waals surface area contributed by atoms with E-state index >= 15 is 8.78 Å². The Labute approximate surface area is 232 Å². The zero-order valence-corrected chi connectivity index (χ0v) is 22.8. The Morgan fingerprint density at radius 3 is 2.42 bits per heavy atom. The molecule has 1 aromatic carbocycles. The van der Waals surface area contributed by atoms with Crippen LogP contribution < -0.4 is 11.1 Å². The fourth-order valence-electron chi connectivity index (χ4n) is 6.09. The summed E-state index contributed by atoms with van der Waals surface area (Å²) < 4.78 is 50.6. The molecule has 1 aliphatic heterocycles. The molecule has 40 heavy (non-hydrogen) atoms. The van der Waals surface area contributed by atoms with Gasteiger partial charge in [0.25, 0.3) is 5.91 Å². The minimum atomic E-state index is -0.925. The van der Waals surface area contributed by atoms with Crippen LogP contribution in [-0.2, 0) is 4.74 Å². The number of carbonyl (C=O) groups is 1. The molecule has 3 aromatic rings. The number of benzene rings is 1. The molecule has 2 aromatic heterocycles. The van der Waals surface area contributed by atoms with Crippen molar-refractivity contribution in [3.8, 4) is 11.3 Å². The van der Waals surface area contributed by atoms with Crippen molar-refractivity contribution in [2.24, 2.45) is 17.6 Å². The van der Waals surface area contributed by atoms with Crippen molar-refractivity contribution in [3.63, 3.8) is 0 Å². The average Bonchev–Trinajstić information content (AvgIpc) is 2.94. The van der Waals surface area contributed by atoms with E-state index in [0.717, 1.165) is 30.9 Å². The molecule has 2 fully saturated rings. The predicted octanol–water partition coefficient (Wildman–Crippen LogP) is 6.57. The lowest BCUT2D eigenvalue weighted by molar-refractivity contribution is 0.0852. The number of halogens is 3. The van der Waals surface area contributed by atoms with E-state index in [0.29, 0.717) is 49.1 Å².